The summed E-state index contributed by atoms with van der Waals surface area (Å²) in [6.07, 6.45) is 9.07. The standard InChI is InChI=1S/C67H46N2S2/c1-68-59-15-7-9-17-63(59)70-65-37-33-49(41-61(65)68)47-29-23-43(24-30-47)19-21-45-27-35-53-54-36-28-46(40-58(54)67(57(53)39-45)55-13-5-3-11-51(55)52-12-4-6-14-56(52)67)22-20-44-25-31-48(32-26-44)50-34-38-66-62(42-50)69(2)60-16-8-10-18-64(60)71-66/h3-42H,1-2H3. The van der Waals surface area contributed by atoms with Gasteiger partial charge in [-0.25, -0.2) is 0 Å². The molecule has 0 atom stereocenters. The van der Waals surface area contributed by atoms with Crippen LogP contribution in [-0.4, -0.2) is 14.1 Å². The number of fused-ring (bicyclic) bond motifs is 14. The highest BCUT2D eigenvalue weighted by Gasteiger charge is 2.51. The lowest BCUT2D eigenvalue weighted by Crippen LogP contribution is -2.26. The molecular formula is C67H46N2S2. The quantitative estimate of drug-likeness (QED) is 0.153. The van der Waals surface area contributed by atoms with E-state index in [0.29, 0.717) is 0 Å². The van der Waals surface area contributed by atoms with Crippen LogP contribution in [0.5, 0.6) is 0 Å². The van der Waals surface area contributed by atoms with E-state index in [2.05, 4.69) is 267 Å². The Morgan fingerprint density at radius 1 is 0.296 bits per heavy atom. The predicted molar refractivity (Wildman–Crippen MR) is 302 cm³/mol. The highest BCUT2D eigenvalue weighted by atomic mass is 32.2. The van der Waals surface area contributed by atoms with Gasteiger partial charge in [-0.1, -0.05) is 206 Å². The predicted octanol–water partition coefficient (Wildman–Crippen LogP) is 18.2. The average Bonchev–Trinajstić information content (AvgIpc) is 3.90. The molecule has 0 radical (unpaired) electrons. The van der Waals surface area contributed by atoms with Crippen molar-refractivity contribution in [1.82, 2.24) is 0 Å². The van der Waals surface area contributed by atoms with Crippen molar-refractivity contribution in [3.05, 3.63) is 263 Å². The second-order valence-corrected chi connectivity index (χ2v) is 21.2. The summed E-state index contributed by atoms with van der Waals surface area (Å²) in [7, 11) is 4.34. The van der Waals surface area contributed by atoms with Gasteiger partial charge in [0, 0.05) is 33.7 Å². The molecule has 2 nitrogen and oxygen atoms in total. The summed E-state index contributed by atoms with van der Waals surface area (Å²) < 4.78 is 0. The number of anilines is 4. The molecule has 2 aliphatic carbocycles. The summed E-state index contributed by atoms with van der Waals surface area (Å²) in [4.78, 5) is 9.80. The Labute approximate surface area is 424 Å². The molecule has 0 saturated heterocycles. The van der Waals surface area contributed by atoms with Crippen LogP contribution in [0.3, 0.4) is 0 Å². The van der Waals surface area contributed by atoms with Crippen LogP contribution < -0.4 is 9.80 Å². The van der Waals surface area contributed by atoms with E-state index in [-0.39, 0.29) is 0 Å². The van der Waals surface area contributed by atoms with Gasteiger partial charge in [-0.3, -0.25) is 0 Å². The van der Waals surface area contributed by atoms with Gasteiger partial charge < -0.3 is 9.80 Å². The molecule has 0 aromatic heterocycles. The molecule has 0 saturated carbocycles. The van der Waals surface area contributed by atoms with Crippen molar-refractivity contribution in [2.45, 2.75) is 25.0 Å². The molecule has 0 unspecified atom stereocenters. The van der Waals surface area contributed by atoms with Crippen molar-refractivity contribution in [3.8, 4) is 44.5 Å². The van der Waals surface area contributed by atoms with Crippen LogP contribution in [0.1, 0.15) is 44.5 Å². The Morgan fingerprint density at radius 2 is 0.648 bits per heavy atom. The number of rotatable bonds is 6. The van der Waals surface area contributed by atoms with Gasteiger partial charge in [-0.2, -0.15) is 0 Å². The van der Waals surface area contributed by atoms with Gasteiger partial charge in [-0.15, -0.1) is 0 Å². The average molecular weight is 943 g/mol. The Kier molecular flexibility index (Phi) is 9.77. The highest BCUT2D eigenvalue weighted by molar-refractivity contribution is 8.00. The molecule has 2 aliphatic heterocycles. The molecule has 2 heterocycles. The minimum atomic E-state index is -0.443. The van der Waals surface area contributed by atoms with Gasteiger partial charge >= 0.3 is 0 Å². The van der Waals surface area contributed by atoms with Crippen molar-refractivity contribution in [3.63, 3.8) is 0 Å². The minimum Gasteiger partial charge on any atom is -0.343 e. The molecule has 4 heteroatoms. The molecule has 10 aromatic carbocycles. The molecule has 4 aliphatic rings. The summed E-state index contributed by atoms with van der Waals surface area (Å²) in [5.41, 5.74) is 24.7. The number of hydrogen-bond acceptors (Lipinski definition) is 4. The molecule has 0 amide bonds. The van der Waals surface area contributed by atoms with E-state index >= 15 is 0 Å². The van der Waals surface area contributed by atoms with E-state index in [1.807, 2.05) is 23.5 Å². The van der Waals surface area contributed by atoms with Crippen molar-refractivity contribution in [2.24, 2.45) is 0 Å². The van der Waals surface area contributed by atoms with E-state index in [1.165, 1.54) is 131 Å². The van der Waals surface area contributed by atoms with Crippen LogP contribution in [0.15, 0.2) is 238 Å². The zero-order valence-electron chi connectivity index (χ0n) is 39.3. The van der Waals surface area contributed by atoms with Gasteiger partial charge in [0.1, 0.15) is 0 Å². The van der Waals surface area contributed by atoms with Gasteiger partial charge in [0.25, 0.3) is 0 Å². The van der Waals surface area contributed by atoms with E-state index in [9.17, 15) is 0 Å². The van der Waals surface area contributed by atoms with Crippen molar-refractivity contribution in [2.75, 3.05) is 23.9 Å². The molecule has 71 heavy (non-hydrogen) atoms. The van der Waals surface area contributed by atoms with E-state index in [4.69, 9.17) is 0 Å². The molecule has 10 aromatic rings. The first-order chi connectivity index (χ1) is 35.0. The summed E-state index contributed by atoms with van der Waals surface area (Å²) in [5, 5.41) is 0. The van der Waals surface area contributed by atoms with Crippen LogP contribution in [0.2, 0.25) is 0 Å². The molecule has 1 spiro atoms. The Hall–Kier alpha value is -8.02. The lowest BCUT2D eigenvalue weighted by molar-refractivity contribution is 0.793. The fraction of sp³-hybridized carbons (Fsp3) is 0.0448. The third-order valence-electron chi connectivity index (χ3n) is 15.1. The molecule has 0 N–H and O–H groups in total. The third-order valence-corrected chi connectivity index (χ3v) is 17.4. The number of nitrogens with zero attached hydrogens (tertiary/aromatic N) is 2. The maximum atomic E-state index is 2.45. The van der Waals surface area contributed by atoms with Crippen LogP contribution in [0.25, 0.3) is 68.8 Å². The fourth-order valence-corrected chi connectivity index (χ4v) is 13.8. The van der Waals surface area contributed by atoms with Crippen LogP contribution in [0.4, 0.5) is 22.7 Å². The molecule has 336 valence electrons. The van der Waals surface area contributed by atoms with Gasteiger partial charge in [0.2, 0.25) is 0 Å². The lowest BCUT2D eigenvalue weighted by Gasteiger charge is -2.30. The number of benzene rings is 10. The van der Waals surface area contributed by atoms with Crippen LogP contribution in [-0.2, 0) is 5.41 Å². The highest BCUT2D eigenvalue weighted by Crippen LogP contribution is 2.63. The van der Waals surface area contributed by atoms with Gasteiger partial charge in [0.15, 0.2) is 0 Å². The van der Waals surface area contributed by atoms with Crippen molar-refractivity contribution in [1.29, 1.82) is 0 Å². The zero-order chi connectivity index (χ0) is 47.2. The van der Waals surface area contributed by atoms with E-state index in [0.717, 1.165) is 0 Å². The summed E-state index contributed by atoms with van der Waals surface area (Å²) in [6, 6.07) is 81.3. The Balaban J connectivity index is 0.767. The monoisotopic (exact) mass is 942 g/mol. The Morgan fingerprint density at radius 3 is 1.11 bits per heavy atom. The number of hydrogen-bond donors (Lipinski definition) is 0. The van der Waals surface area contributed by atoms with E-state index in [1.54, 1.807) is 0 Å². The minimum absolute atomic E-state index is 0.443. The Bertz CT molecular complexity index is 3610. The van der Waals surface area contributed by atoms with Gasteiger partial charge in [0.05, 0.1) is 28.2 Å². The first kappa shape index (κ1) is 41.9. The largest absolute Gasteiger partial charge is 0.343 e. The smallest absolute Gasteiger partial charge is 0.0725 e. The van der Waals surface area contributed by atoms with E-state index < -0.39 is 5.41 Å². The third kappa shape index (κ3) is 6.73. The normalized spacial score (nSPS) is 14.2. The van der Waals surface area contributed by atoms with Gasteiger partial charge in [-0.05, 0) is 150 Å². The fourth-order valence-electron chi connectivity index (χ4n) is 11.6. The summed E-state index contributed by atoms with van der Waals surface area (Å²) in [6.45, 7) is 0. The number of para-hydroxylation sites is 2. The maximum Gasteiger partial charge on any atom is 0.0725 e. The molecule has 0 bridgehead atoms. The topological polar surface area (TPSA) is 6.48 Å². The summed E-state index contributed by atoms with van der Waals surface area (Å²) >= 11 is 3.70. The first-order valence-corrected chi connectivity index (χ1v) is 26.0. The molecular weight excluding hydrogens is 897 g/mol. The zero-order valence-corrected chi connectivity index (χ0v) is 40.9. The SMILES string of the molecule is CN1c2ccccc2Sc2ccc(-c3ccc(C=Cc4ccc5c(c4)C4(c6ccccc6-c6ccccc64)c4cc(C=Cc6ccc(-c7ccc8c(c7)N(C)c7ccccc7S8)cc6)ccc4-5)cc3)cc21. The van der Waals surface area contributed by atoms with Crippen LogP contribution in [0, 0.1) is 0 Å². The first-order valence-electron chi connectivity index (χ1n) is 24.3. The van der Waals surface area contributed by atoms with Crippen LogP contribution >= 0.6 is 23.5 Å². The summed E-state index contributed by atoms with van der Waals surface area (Å²) in [5.74, 6) is 0. The second kappa shape index (κ2) is 16.6. The molecule has 0 fully saturated rings. The van der Waals surface area contributed by atoms with Crippen molar-refractivity contribution < 1.29 is 0 Å². The second-order valence-electron chi connectivity index (χ2n) is 19.0. The van der Waals surface area contributed by atoms with Crippen molar-refractivity contribution >= 4 is 70.6 Å². The molecule has 14 rings (SSSR count). The lowest BCUT2D eigenvalue weighted by atomic mass is 9.70. The maximum absolute atomic E-state index is 2.45.